The van der Waals surface area contributed by atoms with Crippen LogP contribution in [0.15, 0.2) is 16.7 Å². The highest BCUT2D eigenvalue weighted by Gasteiger charge is 2.13. The molecular formula is C7H4BrNO4. The lowest BCUT2D eigenvalue weighted by atomic mass is 10.2. The molecule has 0 aromatic carbocycles. The van der Waals surface area contributed by atoms with E-state index in [1.54, 1.807) is 0 Å². The zero-order valence-corrected chi connectivity index (χ0v) is 7.78. The average Bonchev–Trinajstić information content (AvgIpc) is 2.04. The van der Waals surface area contributed by atoms with E-state index in [0.29, 0.717) is 0 Å². The molecule has 13 heavy (non-hydrogen) atoms. The summed E-state index contributed by atoms with van der Waals surface area (Å²) in [5, 5.41) is 17.1. The van der Waals surface area contributed by atoms with Crippen LogP contribution in [0.1, 0.15) is 20.8 Å². The van der Waals surface area contributed by atoms with E-state index in [0.717, 1.165) is 12.3 Å². The minimum Gasteiger partial charge on any atom is -0.478 e. The molecule has 0 unspecified atom stereocenters. The summed E-state index contributed by atoms with van der Waals surface area (Å²) in [4.78, 5) is 24.5. The highest BCUT2D eigenvalue weighted by molar-refractivity contribution is 9.10. The van der Waals surface area contributed by atoms with Crippen LogP contribution in [0.25, 0.3) is 0 Å². The third-order valence-electron chi connectivity index (χ3n) is 1.30. The van der Waals surface area contributed by atoms with E-state index in [-0.39, 0.29) is 15.7 Å². The second-order valence-corrected chi connectivity index (χ2v) is 3.01. The molecule has 0 aliphatic carbocycles. The van der Waals surface area contributed by atoms with Crippen LogP contribution in [0.5, 0.6) is 0 Å². The molecule has 0 atom stereocenters. The highest BCUT2D eigenvalue weighted by Crippen LogP contribution is 2.16. The van der Waals surface area contributed by atoms with Gasteiger partial charge >= 0.3 is 11.9 Å². The Morgan fingerprint density at radius 3 is 2.38 bits per heavy atom. The van der Waals surface area contributed by atoms with Crippen LogP contribution in [0.4, 0.5) is 0 Å². The minimum absolute atomic E-state index is 0.118. The van der Waals surface area contributed by atoms with Crippen LogP contribution in [-0.2, 0) is 0 Å². The van der Waals surface area contributed by atoms with Crippen molar-refractivity contribution in [1.82, 2.24) is 4.98 Å². The van der Waals surface area contributed by atoms with Gasteiger partial charge in [-0.1, -0.05) is 0 Å². The smallest absolute Gasteiger partial charge is 0.354 e. The van der Waals surface area contributed by atoms with Gasteiger partial charge in [-0.05, 0) is 22.0 Å². The Hall–Kier alpha value is -1.43. The fourth-order valence-corrected chi connectivity index (χ4v) is 1.11. The van der Waals surface area contributed by atoms with Gasteiger partial charge in [0.1, 0.15) is 5.69 Å². The zero-order valence-electron chi connectivity index (χ0n) is 6.19. The van der Waals surface area contributed by atoms with E-state index in [9.17, 15) is 9.59 Å². The minimum atomic E-state index is -1.25. The van der Waals surface area contributed by atoms with Crippen LogP contribution in [0, 0.1) is 0 Å². The second kappa shape index (κ2) is 3.53. The summed E-state index contributed by atoms with van der Waals surface area (Å²) < 4.78 is 0.255. The molecule has 1 aromatic heterocycles. The summed E-state index contributed by atoms with van der Waals surface area (Å²) in [6, 6.07) is 0.995. The normalized spacial score (nSPS) is 9.62. The van der Waals surface area contributed by atoms with Crippen LogP contribution in [0.3, 0.4) is 0 Å². The van der Waals surface area contributed by atoms with Crippen molar-refractivity contribution < 1.29 is 19.8 Å². The van der Waals surface area contributed by atoms with E-state index in [1.807, 2.05) is 0 Å². The Morgan fingerprint density at radius 2 is 1.92 bits per heavy atom. The fraction of sp³-hybridized carbons (Fsp3) is 0. The maximum atomic E-state index is 10.5. The van der Waals surface area contributed by atoms with Gasteiger partial charge in [0.15, 0.2) is 0 Å². The lowest BCUT2D eigenvalue weighted by Gasteiger charge is -1.98. The predicted octanol–water partition coefficient (Wildman–Crippen LogP) is 1.24. The molecule has 1 heterocycles. The maximum absolute atomic E-state index is 10.5. The molecule has 0 bridgehead atoms. The molecule has 5 nitrogen and oxygen atoms in total. The quantitative estimate of drug-likeness (QED) is 0.819. The molecule has 6 heteroatoms. The molecular weight excluding hydrogens is 242 g/mol. The number of carbonyl (C=O) groups is 2. The van der Waals surface area contributed by atoms with E-state index in [1.165, 1.54) is 0 Å². The topological polar surface area (TPSA) is 87.5 Å². The van der Waals surface area contributed by atoms with Crippen LogP contribution < -0.4 is 0 Å². The van der Waals surface area contributed by atoms with Crippen molar-refractivity contribution in [2.45, 2.75) is 0 Å². The number of halogens is 1. The molecule has 0 radical (unpaired) electrons. The molecule has 0 amide bonds. The van der Waals surface area contributed by atoms with Crippen molar-refractivity contribution in [2.24, 2.45) is 0 Å². The number of hydrogen-bond donors (Lipinski definition) is 2. The lowest BCUT2D eigenvalue weighted by Crippen LogP contribution is -2.05. The first-order chi connectivity index (χ1) is 6.02. The van der Waals surface area contributed by atoms with Gasteiger partial charge < -0.3 is 10.2 Å². The number of aromatic nitrogens is 1. The zero-order chi connectivity index (χ0) is 10.0. The Kier molecular flexibility index (Phi) is 2.62. The van der Waals surface area contributed by atoms with Gasteiger partial charge in [-0.15, -0.1) is 0 Å². The Labute approximate surface area is 81.2 Å². The standard InChI is InChI=1S/C7H4BrNO4/c8-4-2-9-5(7(12)13)1-3(4)6(10)11/h1-2H,(H,10,11)(H,12,13). The molecule has 0 spiro atoms. The first kappa shape index (κ1) is 9.66. The predicted molar refractivity (Wildman–Crippen MR) is 45.9 cm³/mol. The van der Waals surface area contributed by atoms with Crippen molar-refractivity contribution >= 4 is 27.9 Å². The molecule has 1 aromatic rings. The Bertz CT molecular complexity index is 377. The van der Waals surface area contributed by atoms with E-state index >= 15 is 0 Å². The summed E-state index contributed by atoms with van der Waals surface area (Å²) in [5.74, 6) is -2.45. The van der Waals surface area contributed by atoms with Gasteiger partial charge in [0.05, 0.1) is 10.0 Å². The van der Waals surface area contributed by atoms with Gasteiger partial charge in [0.25, 0.3) is 0 Å². The number of hydrogen-bond acceptors (Lipinski definition) is 3. The molecule has 0 saturated heterocycles. The fourth-order valence-electron chi connectivity index (χ4n) is 0.720. The average molecular weight is 246 g/mol. The van der Waals surface area contributed by atoms with E-state index in [4.69, 9.17) is 10.2 Å². The van der Waals surface area contributed by atoms with Crippen molar-refractivity contribution in [3.8, 4) is 0 Å². The number of carboxylic acids is 2. The molecule has 0 aliphatic rings. The largest absolute Gasteiger partial charge is 0.478 e. The van der Waals surface area contributed by atoms with Crippen LogP contribution >= 0.6 is 15.9 Å². The van der Waals surface area contributed by atoms with E-state index < -0.39 is 11.9 Å². The number of nitrogens with zero attached hydrogens (tertiary/aromatic N) is 1. The Morgan fingerprint density at radius 1 is 1.31 bits per heavy atom. The van der Waals surface area contributed by atoms with E-state index in [2.05, 4.69) is 20.9 Å². The Balaban J connectivity index is 3.27. The van der Waals surface area contributed by atoms with Gasteiger partial charge in [-0.2, -0.15) is 0 Å². The third kappa shape index (κ3) is 2.03. The summed E-state index contributed by atoms with van der Waals surface area (Å²) in [5.41, 5.74) is -0.409. The number of rotatable bonds is 2. The summed E-state index contributed by atoms with van der Waals surface area (Å²) in [7, 11) is 0. The number of pyridine rings is 1. The maximum Gasteiger partial charge on any atom is 0.354 e. The lowest BCUT2D eigenvalue weighted by molar-refractivity contribution is 0.0690. The van der Waals surface area contributed by atoms with Gasteiger partial charge in [-0.25, -0.2) is 14.6 Å². The van der Waals surface area contributed by atoms with Crippen molar-refractivity contribution in [3.63, 3.8) is 0 Å². The molecule has 1 rings (SSSR count). The number of carboxylic acid groups (broad SMARTS) is 2. The SMILES string of the molecule is O=C(O)c1cc(C(=O)O)c(Br)cn1. The first-order valence-electron chi connectivity index (χ1n) is 3.14. The van der Waals surface area contributed by atoms with Crippen molar-refractivity contribution in [2.75, 3.05) is 0 Å². The molecule has 0 aliphatic heterocycles. The summed E-state index contributed by atoms with van der Waals surface area (Å²) in [6.45, 7) is 0. The van der Waals surface area contributed by atoms with Gasteiger partial charge in [-0.3, -0.25) is 0 Å². The van der Waals surface area contributed by atoms with Crippen molar-refractivity contribution in [1.29, 1.82) is 0 Å². The molecule has 0 saturated carbocycles. The first-order valence-corrected chi connectivity index (χ1v) is 3.94. The van der Waals surface area contributed by atoms with Crippen molar-refractivity contribution in [3.05, 3.63) is 28.0 Å². The molecule has 0 fully saturated rings. The molecule has 68 valence electrons. The van der Waals surface area contributed by atoms with Crippen LogP contribution in [0.2, 0.25) is 0 Å². The van der Waals surface area contributed by atoms with Gasteiger partial charge in [0, 0.05) is 6.20 Å². The monoisotopic (exact) mass is 245 g/mol. The highest BCUT2D eigenvalue weighted by atomic mass is 79.9. The number of aromatic carboxylic acids is 2. The second-order valence-electron chi connectivity index (χ2n) is 2.16. The molecule has 2 N–H and O–H groups in total. The summed E-state index contributed by atoms with van der Waals surface area (Å²) >= 11 is 2.94. The van der Waals surface area contributed by atoms with Gasteiger partial charge in [0.2, 0.25) is 0 Å². The van der Waals surface area contributed by atoms with Crippen LogP contribution in [-0.4, -0.2) is 27.1 Å². The summed E-state index contributed by atoms with van der Waals surface area (Å²) in [6.07, 6.45) is 1.15. The third-order valence-corrected chi connectivity index (χ3v) is 1.94.